The molecule has 2 N–H and O–H groups in total. The minimum atomic E-state index is 0.209. The number of fused-ring (bicyclic) bond motifs is 4. The van der Waals surface area contributed by atoms with Crippen LogP contribution < -0.4 is 5.73 Å². The van der Waals surface area contributed by atoms with Gasteiger partial charge in [0.2, 0.25) is 0 Å². The highest BCUT2D eigenvalue weighted by Crippen LogP contribution is 2.39. The fraction of sp³-hybridized carbons (Fsp3) is 0.222. The predicted octanol–water partition coefficient (Wildman–Crippen LogP) is 3.83. The van der Waals surface area contributed by atoms with Crippen molar-refractivity contribution in [2.24, 2.45) is 5.73 Å². The molecule has 0 saturated heterocycles. The number of rotatable bonds is 0. The summed E-state index contributed by atoms with van der Waals surface area (Å²) >= 11 is 0. The van der Waals surface area contributed by atoms with Crippen LogP contribution in [0.15, 0.2) is 54.1 Å². The number of nitrogens with two attached hydrogens (primary N) is 1. The summed E-state index contributed by atoms with van der Waals surface area (Å²) in [7, 11) is 0. The molecule has 0 aliphatic heterocycles. The molecular formula is C18H17N. The molecule has 2 aliphatic carbocycles. The molecule has 2 aromatic carbocycles. The number of hydrogen-bond donors (Lipinski definition) is 1. The van der Waals surface area contributed by atoms with E-state index in [0.29, 0.717) is 0 Å². The minimum absolute atomic E-state index is 0.209. The molecule has 4 rings (SSSR count). The summed E-state index contributed by atoms with van der Waals surface area (Å²) in [6, 6.07) is 13.4. The molecule has 1 nitrogen and oxygen atoms in total. The Labute approximate surface area is 113 Å². The van der Waals surface area contributed by atoms with Gasteiger partial charge in [0.25, 0.3) is 0 Å². The van der Waals surface area contributed by atoms with Gasteiger partial charge in [-0.1, -0.05) is 54.1 Å². The average molecular weight is 247 g/mol. The quantitative estimate of drug-likeness (QED) is 0.752. The summed E-state index contributed by atoms with van der Waals surface area (Å²) < 4.78 is 0. The largest absolute Gasteiger partial charge is 0.324 e. The van der Waals surface area contributed by atoms with Crippen molar-refractivity contribution < 1.29 is 0 Å². The molecule has 0 spiro atoms. The van der Waals surface area contributed by atoms with Crippen LogP contribution in [0, 0.1) is 0 Å². The van der Waals surface area contributed by atoms with Crippen molar-refractivity contribution >= 4 is 16.3 Å². The number of aryl methyl sites for hydroxylation is 1. The van der Waals surface area contributed by atoms with E-state index in [4.69, 9.17) is 5.73 Å². The molecule has 0 heterocycles. The van der Waals surface area contributed by atoms with Gasteiger partial charge in [-0.3, -0.25) is 0 Å². The van der Waals surface area contributed by atoms with Gasteiger partial charge < -0.3 is 5.73 Å². The maximum atomic E-state index is 6.03. The molecule has 94 valence electrons. The predicted molar refractivity (Wildman–Crippen MR) is 80.9 cm³/mol. The Kier molecular flexibility index (Phi) is 2.36. The minimum Gasteiger partial charge on any atom is -0.324 e. The zero-order valence-corrected chi connectivity index (χ0v) is 10.9. The number of allylic oxidation sites excluding steroid dienone is 2. The van der Waals surface area contributed by atoms with Crippen molar-refractivity contribution in [3.8, 4) is 0 Å². The second-order valence-corrected chi connectivity index (χ2v) is 5.56. The molecule has 1 heteroatoms. The Morgan fingerprint density at radius 2 is 1.89 bits per heavy atom. The van der Waals surface area contributed by atoms with Gasteiger partial charge in [0.05, 0.1) is 0 Å². The van der Waals surface area contributed by atoms with Crippen LogP contribution in [0.1, 0.15) is 24.0 Å². The average Bonchev–Trinajstić information content (AvgIpc) is 2.46. The highest BCUT2D eigenvalue weighted by Gasteiger charge is 2.22. The van der Waals surface area contributed by atoms with Crippen molar-refractivity contribution in [1.29, 1.82) is 0 Å². The van der Waals surface area contributed by atoms with Crippen LogP contribution in [-0.2, 0) is 6.42 Å². The molecule has 2 aromatic rings. The molecule has 0 bridgehead atoms. The van der Waals surface area contributed by atoms with Gasteiger partial charge in [0, 0.05) is 6.04 Å². The molecule has 1 atom stereocenters. The molecular weight excluding hydrogens is 230 g/mol. The third-order valence-corrected chi connectivity index (χ3v) is 4.38. The lowest BCUT2D eigenvalue weighted by Gasteiger charge is -2.27. The first kappa shape index (κ1) is 11.0. The summed E-state index contributed by atoms with van der Waals surface area (Å²) in [4.78, 5) is 0. The summed E-state index contributed by atoms with van der Waals surface area (Å²) in [5.41, 5.74) is 11.9. The van der Waals surface area contributed by atoms with Crippen LogP contribution in [0.2, 0.25) is 0 Å². The summed E-state index contributed by atoms with van der Waals surface area (Å²) in [5, 5.41) is 2.76. The van der Waals surface area contributed by atoms with Crippen molar-refractivity contribution in [1.82, 2.24) is 0 Å². The van der Waals surface area contributed by atoms with E-state index in [1.54, 1.807) is 0 Å². The standard InChI is InChI=1S/C18H17N/c19-14-7-10-16-13(11-14)6-9-17-15-4-2-1-3-12(15)5-8-18(16)17/h1-5,7-8,10,14H,6,9,11,19H2. The van der Waals surface area contributed by atoms with E-state index in [9.17, 15) is 0 Å². The fourth-order valence-electron chi connectivity index (χ4n) is 3.45. The maximum absolute atomic E-state index is 6.03. The van der Waals surface area contributed by atoms with E-state index in [0.717, 1.165) is 19.3 Å². The molecule has 0 radical (unpaired) electrons. The Morgan fingerprint density at radius 3 is 2.84 bits per heavy atom. The van der Waals surface area contributed by atoms with E-state index in [1.807, 2.05) is 0 Å². The first-order chi connectivity index (χ1) is 9.33. The zero-order chi connectivity index (χ0) is 12.8. The first-order valence-electron chi connectivity index (χ1n) is 7.00. The van der Waals surface area contributed by atoms with Crippen LogP contribution >= 0.6 is 0 Å². The zero-order valence-electron chi connectivity index (χ0n) is 10.9. The SMILES string of the molecule is NC1C=CC2=C(CCc3c2ccc2ccccc32)C1. The third-order valence-electron chi connectivity index (χ3n) is 4.38. The Balaban J connectivity index is 1.97. The van der Waals surface area contributed by atoms with Crippen LogP contribution in [0.4, 0.5) is 0 Å². The normalized spacial score (nSPS) is 21.4. The van der Waals surface area contributed by atoms with Crippen molar-refractivity contribution in [2.75, 3.05) is 0 Å². The Hall–Kier alpha value is -1.86. The highest BCUT2D eigenvalue weighted by atomic mass is 14.6. The molecule has 1 unspecified atom stereocenters. The summed E-state index contributed by atoms with van der Waals surface area (Å²) in [5.74, 6) is 0. The summed E-state index contributed by atoms with van der Waals surface area (Å²) in [6.07, 6.45) is 7.71. The fourth-order valence-corrected chi connectivity index (χ4v) is 3.45. The lowest BCUT2D eigenvalue weighted by molar-refractivity contribution is 0.743. The Bertz CT molecular complexity index is 722. The number of benzene rings is 2. The second kappa shape index (κ2) is 4.07. The van der Waals surface area contributed by atoms with Crippen LogP contribution in [0.3, 0.4) is 0 Å². The van der Waals surface area contributed by atoms with Crippen LogP contribution in [-0.4, -0.2) is 6.04 Å². The van der Waals surface area contributed by atoms with Crippen LogP contribution in [0.25, 0.3) is 16.3 Å². The molecule has 0 amide bonds. The topological polar surface area (TPSA) is 26.0 Å². The van der Waals surface area contributed by atoms with E-state index < -0.39 is 0 Å². The molecule has 0 saturated carbocycles. The van der Waals surface area contributed by atoms with Gasteiger partial charge in [-0.2, -0.15) is 0 Å². The Morgan fingerprint density at radius 1 is 1.00 bits per heavy atom. The van der Waals surface area contributed by atoms with Crippen LogP contribution in [0.5, 0.6) is 0 Å². The maximum Gasteiger partial charge on any atom is 0.0265 e. The van der Waals surface area contributed by atoms with E-state index >= 15 is 0 Å². The third kappa shape index (κ3) is 1.66. The van der Waals surface area contributed by atoms with Gasteiger partial charge in [0.15, 0.2) is 0 Å². The lowest BCUT2D eigenvalue weighted by Crippen LogP contribution is -2.22. The van der Waals surface area contributed by atoms with Crippen molar-refractivity contribution in [2.45, 2.75) is 25.3 Å². The van der Waals surface area contributed by atoms with Crippen molar-refractivity contribution in [3.05, 3.63) is 65.3 Å². The first-order valence-corrected chi connectivity index (χ1v) is 7.00. The molecule has 2 aliphatic rings. The van der Waals surface area contributed by atoms with E-state index in [-0.39, 0.29) is 6.04 Å². The van der Waals surface area contributed by atoms with Gasteiger partial charge in [-0.05, 0) is 46.7 Å². The van der Waals surface area contributed by atoms with E-state index in [1.165, 1.54) is 33.0 Å². The van der Waals surface area contributed by atoms with Gasteiger partial charge >= 0.3 is 0 Å². The van der Waals surface area contributed by atoms with Gasteiger partial charge in [-0.25, -0.2) is 0 Å². The molecule has 19 heavy (non-hydrogen) atoms. The lowest BCUT2D eigenvalue weighted by atomic mass is 9.79. The van der Waals surface area contributed by atoms with Gasteiger partial charge in [0.1, 0.15) is 0 Å². The smallest absolute Gasteiger partial charge is 0.0265 e. The molecule has 0 aromatic heterocycles. The van der Waals surface area contributed by atoms with E-state index in [2.05, 4.69) is 48.6 Å². The molecule has 0 fully saturated rings. The van der Waals surface area contributed by atoms with Crippen molar-refractivity contribution in [3.63, 3.8) is 0 Å². The summed E-state index contributed by atoms with van der Waals surface area (Å²) in [6.45, 7) is 0. The second-order valence-electron chi connectivity index (χ2n) is 5.56. The van der Waals surface area contributed by atoms with Gasteiger partial charge in [-0.15, -0.1) is 0 Å². The number of hydrogen-bond acceptors (Lipinski definition) is 1. The highest BCUT2D eigenvalue weighted by molar-refractivity contribution is 5.93. The monoisotopic (exact) mass is 247 g/mol.